The number of anilines is 1. The second-order valence-electron chi connectivity index (χ2n) is 4.42. The number of benzene rings is 1. The summed E-state index contributed by atoms with van der Waals surface area (Å²) in [7, 11) is 1.67. The SMILES string of the molecule is CCCc1cc2c(OC)ccc(Cl)c2nc1NCC. The first-order chi connectivity index (χ1) is 9.21. The number of rotatable bonds is 5. The maximum Gasteiger partial charge on any atom is 0.129 e. The van der Waals surface area contributed by atoms with Crippen molar-refractivity contribution in [3.05, 3.63) is 28.8 Å². The molecule has 1 aromatic heterocycles. The number of nitrogens with zero attached hydrogens (tertiary/aromatic N) is 1. The summed E-state index contributed by atoms with van der Waals surface area (Å²) in [4.78, 5) is 4.67. The van der Waals surface area contributed by atoms with Crippen LogP contribution in [0, 0.1) is 0 Å². The Balaban J connectivity index is 2.68. The van der Waals surface area contributed by atoms with Gasteiger partial charge in [-0.15, -0.1) is 0 Å². The summed E-state index contributed by atoms with van der Waals surface area (Å²) in [5.41, 5.74) is 1.99. The molecule has 2 aromatic rings. The smallest absolute Gasteiger partial charge is 0.129 e. The lowest BCUT2D eigenvalue weighted by Crippen LogP contribution is -2.04. The standard InChI is InChI=1S/C15H19ClN2O/c1-4-6-10-9-11-13(19-3)8-7-12(16)14(11)18-15(10)17-5-2/h7-9H,4-6H2,1-3H3,(H,17,18). The van der Waals surface area contributed by atoms with Gasteiger partial charge in [0.1, 0.15) is 11.6 Å². The molecular formula is C15H19ClN2O. The predicted octanol–water partition coefficient (Wildman–Crippen LogP) is 4.28. The summed E-state index contributed by atoms with van der Waals surface area (Å²) < 4.78 is 5.40. The van der Waals surface area contributed by atoms with Gasteiger partial charge in [0.2, 0.25) is 0 Å². The largest absolute Gasteiger partial charge is 0.496 e. The number of fused-ring (bicyclic) bond motifs is 1. The van der Waals surface area contributed by atoms with Crippen molar-refractivity contribution in [1.82, 2.24) is 4.98 Å². The first kappa shape index (κ1) is 13.9. The number of methoxy groups -OCH3 is 1. The number of halogens is 1. The van der Waals surface area contributed by atoms with Crippen LogP contribution in [0.1, 0.15) is 25.8 Å². The Morgan fingerprint density at radius 1 is 1.32 bits per heavy atom. The van der Waals surface area contributed by atoms with Crippen molar-refractivity contribution in [3.8, 4) is 5.75 Å². The molecule has 0 unspecified atom stereocenters. The van der Waals surface area contributed by atoms with Crippen LogP contribution in [0.5, 0.6) is 5.75 Å². The van der Waals surface area contributed by atoms with Crippen molar-refractivity contribution >= 4 is 28.3 Å². The molecule has 0 saturated carbocycles. The van der Waals surface area contributed by atoms with E-state index in [2.05, 4.69) is 30.2 Å². The summed E-state index contributed by atoms with van der Waals surface area (Å²) in [6.45, 7) is 5.07. The van der Waals surface area contributed by atoms with Crippen molar-refractivity contribution in [2.75, 3.05) is 19.0 Å². The molecule has 0 atom stereocenters. The van der Waals surface area contributed by atoms with Gasteiger partial charge >= 0.3 is 0 Å². The molecule has 0 aliphatic carbocycles. The summed E-state index contributed by atoms with van der Waals surface area (Å²) in [6.07, 6.45) is 2.06. The number of nitrogens with one attached hydrogen (secondary N) is 1. The van der Waals surface area contributed by atoms with Crippen LogP contribution in [0.2, 0.25) is 5.02 Å². The van der Waals surface area contributed by atoms with Gasteiger partial charge in [0.25, 0.3) is 0 Å². The number of ether oxygens (including phenoxy) is 1. The van der Waals surface area contributed by atoms with E-state index in [1.807, 2.05) is 12.1 Å². The lowest BCUT2D eigenvalue weighted by atomic mass is 10.1. The third-order valence-corrected chi connectivity index (χ3v) is 3.36. The van der Waals surface area contributed by atoms with E-state index in [9.17, 15) is 0 Å². The van der Waals surface area contributed by atoms with Crippen LogP contribution in [0.4, 0.5) is 5.82 Å². The van der Waals surface area contributed by atoms with Gasteiger partial charge in [-0.3, -0.25) is 0 Å². The summed E-state index contributed by atoms with van der Waals surface area (Å²) >= 11 is 6.24. The second kappa shape index (κ2) is 6.11. The first-order valence-corrected chi connectivity index (χ1v) is 6.99. The van der Waals surface area contributed by atoms with Crippen molar-refractivity contribution in [1.29, 1.82) is 0 Å². The van der Waals surface area contributed by atoms with E-state index in [1.165, 1.54) is 5.56 Å². The summed E-state index contributed by atoms with van der Waals surface area (Å²) in [5, 5.41) is 4.93. The number of aromatic nitrogens is 1. The lowest BCUT2D eigenvalue weighted by Gasteiger charge is -2.13. The van der Waals surface area contributed by atoms with Gasteiger partial charge in [-0.05, 0) is 37.1 Å². The Bertz CT molecular complexity index is 584. The minimum Gasteiger partial charge on any atom is -0.496 e. The van der Waals surface area contributed by atoms with Crippen LogP contribution < -0.4 is 10.1 Å². The Kier molecular flexibility index (Phi) is 4.48. The van der Waals surface area contributed by atoms with Gasteiger partial charge in [0, 0.05) is 11.9 Å². The highest BCUT2D eigenvalue weighted by Crippen LogP contribution is 2.33. The molecule has 0 aliphatic heterocycles. The normalized spacial score (nSPS) is 10.7. The van der Waals surface area contributed by atoms with Crippen molar-refractivity contribution in [3.63, 3.8) is 0 Å². The molecule has 0 spiro atoms. The van der Waals surface area contributed by atoms with Gasteiger partial charge < -0.3 is 10.1 Å². The molecule has 2 rings (SSSR count). The molecule has 4 heteroatoms. The number of hydrogen-bond acceptors (Lipinski definition) is 3. The zero-order chi connectivity index (χ0) is 13.8. The Morgan fingerprint density at radius 3 is 2.74 bits per heavy atom. The van der Waals surface area contributed by atoms with Gasteiger partial charge in [-0.25, -0.2) is 4.98 Å². The quantitative estimate of drug-likeness (QED) is 0.886. The fraction of sp³-hybridized carbons (Fsp3) is 0.400. The summed E-state index contributed by atoms with van der Waals surface area (Å²) in [5.74, 6) is 1.74. The van der Waals surface area contributed by atoms with Crippen LogP contribution in [-0.2, 0) is 6.42 Å². The van der Waals surface area contributed by atoms with Crippen LogP contribution in [0.3, 0.4) is 0 Å². The monoisotopic (exact) mass is 278 g/mol. The number of pyridine rings is 1. The van der Waals surface area contributed by atoms with Gasteiger partial charge in [0.05, 0.1) is 17.6 Å². The highest BCUT2D eigenvalue weighted by molar-refractivity contribution is 6.35. The van der Waals surface area contributed by atoms with Crippen LogP contribution in [0.25, 0.3) is 10.9 Å². The predicted molar refractivity (Wildman–Crippen MR) is 81.5 cm³/mol. The fourth-order valence-corrected chi connectivity index (χ4v) is 2.41. The molecule has 102 valence electrons. The molecule has 0 saturated heterocycles. The van der Waals surface area contributed by atoms with E-state index >= 15 is 0 Å². The lowest BCUT2D eigenvalue weighted by molar-refractivity contribution is 0.419. The Hall–Kier alpha value is -1.48. The van der Waals surface area contributed by atoms with Crippen LogP contribution in [-0.4, -0.2) is 18.6 Å². The first-order valence-electron chi connectivity index (χ1n) is 6.61. The topological polar surface area (TPSA) is 34.1 Å². The van der Waals surface area contributed by atoms with Crippen molar-refractivity contribution in [2.24, 2.45) is 0 Å². The maximum absolute atomic E-state index is 6.24. The molecule has 1 heterocycles. The van der Waals surface area contributed by atoms with Crippen molar-refractivity contribution < 1.29 is 4.74 Å². The molecule has 1 N–H and O–H groups in total. The van der Waals surface area contributed by atoms with Crippen LogP contribution >= 0.6 is 11.6 Å². The zero-order valence-electron chi connectivity index (χ0n) is 11.6. The molecule has 0 bridgehead atoms. The Morgan fingerprint density at radius 2 is 2.11 bits per heavy atom. The molecule has 0 radical (unpaired) electrons. The molecule has 0 amide bonds. The maximum atomic E-state index is 6.24. The van der Waals surface area contributed by atoms with E-state index in [-0.39, 0.29) is 0 Å². The number of hydrogen-bond donors (Lipinski definition) is 1. The molecule has 0 fully saturated rings. The van der Waals surface area contributed by atoms with E-state index in [0.29, 0.717) is 5.02 Å². The van der Waals surface area contributed by atoms with Gasteiger partial charge in [-0.2, -0.15) is 0 Å². The molecule has 0 aliphatic rings. The second-order valence-corrected chi connectivity index (χ2v) is 4.83. The minimum absolute atomic E-state index is 0.651. The van der Waals surface area contributed by atoms with Crippen LogP contribution in [0.15, 0.2) is 18.2 Å². The summed E-state index contributed by atoms with van der Waals surface area (Å²) in [6, 6.07) is 5.84. The zero-order valence-corrected chi connectivity index (χ0v) is 12.3. The molecular weight excluding hydrogens is 260 g/mol. The highest BCUT2D eigenvalue weighted by atomic mass is 35.5. The third kappa shape index (κ3) is 2.76. The van der Waals surface area contributed by atoms with E-state index < -0.39 is 0 Å². The minimum atomic E-state index is 0.651. The van der Waals surface area contributed by atoms with Gasteiger partial charge in [-0.1, -0.05) is 24.9 Å². The van der Waals surface area contributed by atoms with Crippen molar-refractivity contribution in [2.45, 2.75) is 26.7 Å². The van der Waals surface area contributed by atoms with E-state index in [0.717, 1.165) is 41.9 Å². The number of aryl methyl sites for hydroxylation is 1. The molecule has 3 nitrogen and oxygen atoms in total. The van der Waals surface area contributed by atoms with E-state index in [4.69, 9.17) is 16.3 Å². The average Bonchev–Trinajstić information content (AvgIpc) is 2.41. The highest BCUT2D eigenvalue weighted by Gasteiger charge is 2.11. The van der Waals surface area contributed by atoms with E-state index in [1.54, 1.807) is 7.11 Å². The third-order valence-electron chi connectivity index (χ3n) is 3.06. The molecule has 19 heavy (non-hydrogen) atoms. The molecule has 1 aromatic carbocycles. The average molecular weight is 279 g/mol. The Labute approximate surface area is 118 Å². The van der Waals surface area contributed by atoms with Gasteiger partial charge in [0.15, 0.2) is 0 Å². The fourth-order valence-electron chi connectivity index (χ4n) is 2.20.